The normalized spacial score (nSPS) is 11.4. The fourth-order valence-electron chi connectivity index (χ4n) is 2.39. The Bertz CT molecular complexity index is 1090. The number of ether oxygens (including phenoxy) is 1. The number of hydrogen-bond donors (Lipinski definition) is 1. The van der Waals surface area contributed by atoms with Crippen molar-refractivity contribution in [1.82, 2.24) is 9.29 Å². The molecule has 29 heavy (non-hydrogen) atoms. The summed E-state index contributed by atoms with van der Waals surface area (Å²) in [6.07, 6.45) is 3.40. The summed E-state index contributed by atoms with van der Waals surface area (Å²) in [6.45, 7) is 0.00815. The van der Waals surface area contributed by atoms with Gasteiger partial charge in [-0.2, -0.15) is 4.31 Å². The van der Waals surface area contributed by atoms with E-state index in [-0.39, 0.29) is 10.8 Å². The Morgan fingerprint density at radius 1 is 1.24 bits per heavy atom. The number of pyridine rings is 1. The van der Waals surface area contributed by atoms with E-state index < -0.39 is 15.9 Å². The first kappa shape index (κ1) is 21.3. The van der Waals surface area contributed by atoms with Crippen LogP contribution in [0.4, 0.5) is 5.69 Å². The third-order valence-electron chi connectivity index (χ3n) is 3.83. The van der Waals surface area contributed by atoms with Gasteiger partial charge in [-0.3, -0.25) is 9.78 Å². The van der Waals surface area contributed by atoms with Crippen LogP contribution >= 0.6 is 22.9 Å². The first-order valence-electron chi connectivity index (χ1n) is 8.48. The molecule has 0 saturated heterocycles. The average molecular weight is 452 g/mol. The molecular formula is C19H18ClN3O4S2. The molecule has 0 aliphatic heterocycles. The highest BCUT2D eigenvalue weighted by molar-refractivity contribution is 7.91. The predicted octanol–water partition coefficient (Wildman–Crippen LogP) is 3.63. The Balaban J connectivity index is 1.59. The summed E-state index contributed by atoms with van der Waals surface area (Å²) in [5, 5.41) is 2.68. The van der Waals surface area contributed by atoms with Crippen LogP contribution in [-0.4, -0.2) is 37.2 Å². The number of anilines is 1. The Morgan fingerprint density at radius 2 is 2.07 bits per heavy atom. The highest BCUT2D eigenvalue weighted by Gasteiger charge is 2.24. The van der Waals surface area contributed by atoms with E-state index in [0.717, 1.165) is 21.2 Å². The Morgan fingerprint density at radius 3 is 2.76 bits per heavy atom. The molecule has 10 heteroatoms. The Hall–Kier alpha value is -2.46. The summed E-state index contributed by atoms with van der Waals surface area (Å²) in [5.74, 6) is 0.101. The number of benzene rings is 1. The van der Waals surface area contributed by atoms with E-state index in [1.807, 2.05) is 12.1 Å². The van der Waals surface area contributed by atoms with Crippen molar-refractivity contribution in [3.63, 3.8) is 0 Å². The number of nitrogens with zero attached hydrogens (tertiary/aromatic N) is 2. The molecule has 1 aromatic carbocycles. The van der Waals surface area contributed by atoms with Gasteiger partial charge in [0.25, 0.3) is 10.0 Å². The van der Waals surface area contributed by atoms with Crippen molar-refractivity contribution >= 4 is 44.6 Å². The van der Waals surface area contributed by atoms with Crippen LogP contribution < -0.4 is 10.1 Å². The van der Waals surface area contributed by atoms with Crippen LogP contribution in [0, 0.1) is 0 Å². The topological polar surface area (TPSA) is 88.6 Å². The molecule has 0 unspecified atom stereocenters. The van der Waals surface area contributed by atoms with Crippen molar-refractivity contribution in [3.8, 4) is 5.75 Å². The summed E-state index contributed by atoms with van der Waals surface area (Å²) < 4.78 is 32.1. The lowest BCUT2D eigenvalue weighted by Gasteiger charge is -2.16. The van der Waals surface area contributed by atoms with E-state index >= 15 is 0 Å². The number of hydrogen-bond acceptors (Lipinski definition) is 6. The zero-order valence-corrected chi connectivity index (χ0v) is 17.8. The van der Waals surface area contributed by atoms with E-state index in [1.165, 1.54) is 19.2 Å². The highest BCUT2D eigenvalue weighted by Crippen LogP contribution is 2.27. The lowest BCUT2D eigenvalue weighted by molar-refractivity contribution is -0.116. The molecule has 0 spiro atoms. The van der Waals surface area contributed by atoms with Gasteiger partial charge in [-0.05, 0) is 30.3 Å². The second kappa shape index (κ2) is 9.36. The van der Waals surface area contributed by atoms with Crippen LogP contribution in [0.5, 0.6) is 5.75 Å². The molecule has 3 aromatic rings. The Kier molecular flexibility index (Phi) is 6.86. The Labute approximate surface area is 178 Å². The molecule has 0 radical (unpaired) electrons. The summed E-state index contributed by atoms with van der Waals surface area (Å²) >= 11 is 6.75. The van der Waals surface area contributed by atoms with Crippen LogP contribution in [0.25, 0.3) is 0 Å². The predicted molar refractivity (Wildman–Crippen MR) is 113 cm³/mol. The standard InChI is InChI=1S/C19H18ClN3O4S2/c1-23(29(25,26)19-8-7-17(20)28-19)12-18(24)22-15-5-2-6-16(10-15)27-13-14-4-3-9-21-11-14/h2-11H,12-13H2,1H3,(H,22,24). The van der Waals surface area contributed by atoms with Crippen LogP contribution in [0.2, 0.25) is 4.34 Å². The maximum Gasteiger partial charge on any atom is 0.252 e. The average Bonchev–Trinajstić information content (AvgIpc) is 3.14. The number of rotatable bonds is 8. The van der Waals surface area contributed by atoms with Gasteiger partial charge in [-0.25, -0.2) is 8.42 Å². The molecule has 1 amide bonds. The zero-order chi connectivity index (χ0) is 20.9. The first-order chi connectivity index (χ1) is 13.8. The lowest BCUT2D eigenvalue weighted by Crippen LogP contribution is -2.34. The number of halogens is 1. The fraction of sp³-hybridized carbons (Fsp3) is 0.158. The number of likely N-dealkylation sites (N-methyl/N-ethyl adjacent to an activating group) is 1. The van der Waals surface area contributed by atoms with Gasteiger partial charge in [-0.1, -0.05) is 23.7 Å². The molecule has 1 N–H and O–H groups in total. The highest BCUT2D eigenvalue weighted by atomic mass is 35.5. The molecule has 7 nitrogen and oxygen atoms in total. The van der Waals surface area contributed by atoms with Crippen molar-refractivity contribution < 1.29 is 17.9 Å². The monoisotopic (exact) mass is 451 g/mol. The van der Waals surface area contributed by atoms with E-state index in [0.29, 0.717) is 22.4 Å². The quantitative estimate of drug-likeness (QED) is 0.564. The van der Waals surface area contributed by atoms with Gasteiger partial charge in [0.2, 0.25) is 5.91 Å². The van der Waals surface area contributed by atoms with E-state index in [1.54, 1.807) is 36.7 Å². The van der Waals surface area contributed by atoms with Gasteiger partial charge in [-0.15, -0.1) is 11.3 Å². The largest absolute Gasteiger partial charge is 0.489 e. The molecule has 0 bridgehead atoms. The molecule has 2 heterocycles. The van der Waals surface area contributed by atoms with Gasteiger partial charge in [0.15, 0.2) is 0 Å². The van der Waals surface area contributed by atoms with Crippen molar-refractivity contribution in [2.75, 3.05) is 18.9 Å². The number of nitrogens with one attached hydrogen (secondary N) is 1. The van der Waals surface area contributed by atoms with Crippen molar-refractivity contribution in [2.24, 2.45) is 0 Å². The number of sulfonamides is 1. The first-order valence-corrected chi connectivity index (χ1v) is 11.1. The third kappa shape index (κ3) is 5.77. The summed E-state index contributed by atoms with van der Waals surface area (Å²) in [5.41, 5.74) is 1.42. The minimum absolute atomic E-state index is 0.0867. The SMILES string of the molecule is CN(CC(=O)Nc1cccc(OCc2cccnc2)c1)S(=O)(=O)c1ccc(Cl)s1. The van der Waals surface area contributed by atoms with Crippen LogP contribution in [0.3, 0.4) is 0 Å². The van der Waals surface area contributed by atoms with Crippen molar-refractivity contribution in [3.05, 3.63) is 70.8 Å². The summed E-state index contributed by atoms with van der Waals surface area (Å²) in [6, 6.07) is 13.5. The number of thiophene rings is 1. The molecule has 0 aliphatic rings. The molecule has 2 aromatic heterocycles. The molecule has 0 aliphatic carbocycles. The number of amides is 1. The molecule has 0 saturated carbocycles. The van der Waals surface area contributed by atoms with Crippen LogP contribution in [0.15, 0.2) is 65.1 Å². The van der Waals surface area contributed by atoms with Crippen molar-refractivity contribution in [1.29, 1.82) is 0 Å². The second-order valence-electron chi connectivity index (χ2n) is 6.05. The van der Waals surface area contributed by atoms with Crippen LogP contribution in [0.1, 0.15) is 5.56 Å². The van der Waals surface area contributed by atoms with Gasteiger partial charge in [0, 0.05) is 36.8 Å². The third-order valence-corrected chi connectivity index (χ3v) is 7.33. The number of carbonyl (C=O) groups excluding carboxylic acids is 1. The van der Waals surface area contributed by atoms with Gasteiger partial charge in [0.1, 0.15) is 16.6 Å². The number of carbonyl (C=O) groups is 1. The molecule has 152 valence electrons. The smallest absolute Gasteiger partial charge is 0.252 e. The van der Waals surface area contributed by atoms with E-state index in [9.17, 15) is 13.2 Å². The maximum atomic E-state index is 12.5. The summed E-state index contributed by atoms with van der Waals surface area (Å²) in [7, 11) is -2.43. The second-order valence-corrected chi connectivity index (χ2v) is 10.0. The summed E-state index contributed by atoms with van der Waals surface area (Å²) in [4.78, 5) is 16.3. The molecular weight excluding hydrogens is 434 g/mol. The number of aromatic nitrogens is 1. The van der Waals surface area contributed by atoms with Gasteiger partial charge in [0.05, 0.1) is 10.9 Å². The minimum Gasteiger partial charge on any atom is -0.489 e. The van der Waals surface area contributed by atoms with Crippen LogP contribution in [-0.2, 0) is 21.4 Å². The van der Waals surface area contributed by atoms with Gasteiger partial charge >= 0.3 is 0 Å². The minimum atomic E-state index is -3.78. The molecule has 0 fully saturated rings. The van der Waals surface area contributed by atoms with Gasteiger partial charge < -0.3 is 10.1 Å². The zero-order valence-electron chi connectivity index (χ0n) is 15.4. The lowest BCUT2D eigenvalue weighted by atomic mass is 10.3. The fourth-order valence-corrected chi connectivity index (χ4v) is 5.21. The maximum absolute atomic E-state index is 12.5. The molecule has 3 rings (SSSR count). The molecule has 0 atom stereocenters. The van der Waals surface area contributed by atoms with Crippen molar-refractivity contribution in [2.45, 2.75) is 10.8 Å². The van der Waals surface area contributed by atoms with E-state index in [2.05, 4.69) is 10.3 Å². The van der Waals surface area contributed by atoms with E-state index in [4.69, 9.17) is 16.3 Å².